The maximum atomic E-state index is 10.5. The van der Waals surface area contributed by atoms with Gasteiger partial charge in [0.2, 0.25) is 5.91 Å². The molecule has 1 saturated heterocycles. The van der Waals surface area contributed by atoms with Crippen molar-refractivity contribution in [2.24, 2.45) is 0 Å². The Morgan fingerprint density at radius 3 is 3.00 bits per heavy atom. The van der Waals surface area contributed by atoms with E-state index in [0.717, 1.165) is 19.3 Å². The van der Waals surface area contributed by atoms with Crippen LogP contribution in [0.5, 0.6) is 0 Å². The fourth-order valence-electron chi connectivity index (χ4n) is 0.984. The van der Waals surface area contributed by atoms with Crippen molar-refractivity contribution in [3.63, 3.8) is 0 Å². The SMILES string of the molecule is CC[C@H]1CCC(=O)N1.[HH]. The van der Waals surface area contributed by atoms with Gasteiger partial charge in [0.15, 0.2) is 0 Å². The molecule has 1 fully saturated rings. The highest BCUT2D eigenvalue weighted by atomic mass is 16.1. The van der Waals surface area contributed by atoms with Crippen LogP contribution in [0.4, 0.5) is 0 Å². The second-order valence-corrected chi connectivity index (χ2v) is 2.21. The zero-order valence-electron chi connectivity index (χ0n) is 5.11. The van der Waals surface area contributed by atoms with Crippen LogP contribution in [0.3, 0.4) is 0 Å². The van der Waals surface area contributed by atoms with E-state index in [0.29, 0.717) is 6.04 Å². The Bertz CT molecular complexity index is 105. The summed E-state index contributed by atoms with van der Waals surface area (Å²) >= 11 is 0. The van der Waals surface area contributed by atoms with Gasteiger partial charge in [-0.05, 0) is 12.8 Å². The van der Waals surface area contributed by atoms with Crippen LogP contribution in [-0.4, -0.2) is 11.9 Å². The van der Waals surface area contributed by atoms with Crippen molar-refractivity contribution in [1.29, 1.82) is 0 Å². The second kappa shape index (κ2) is 2.16. The third-order valence-corrected chi connectivity index (χ3v) is 1.58. The largest absolute Gasteiger partial charge is 0.353 e. The molecule has 0 aromatic carbocycles. The number of amides is 1. The van der Waals surface area contributed by atoms with Crippen LogP contribution in [0.15, 0.2) is 0 Å². The third kappa shape index (κ3) is 0.997. The average molecular weight is 115 g/mol. The number of carbonyl (C=O) groups is 1. The summed E-state index contributed by atoms with van der Waals surface area (Å²) < 4.78 is 0. The van der Waals surface area contributed by atoms with Crippen LogP contribution in [0, 0.1) is 0 Å². The maximum absolute atomic E-state index is 10.5. The van der Waals surface area contributed by atoms with Crippen LogP contribution < -0.4 is 5.32 Å². The molecule has 1 rings (SSSR count). The molecular formula is C6H13NO. The summed E-state index contributed by atoms with van der Waals surface area (Å²) in [6.07, 6.45) is 2.85. The summed E-state index contributed by atoms with van der Waals surface area (Å²) in [6.45, 7) is 2.09. The molecule has 1 aliphatic heterocycles. The van der Waals surface area contributed by atoms with Crippen LogP contribution >= 0.6 is 0 Å². The molecule has 1 atom stereocenters. The number of carbonyl (C=O) groups excluding carboxylic acids is 1. The van der Waals surface area contributed by atoms with Gasteiger partial charge in [-0.2, -0.15) is 0 Å². The molecule has 0 saturated carbocycles. The first-order valence-corrected chi connectivity index (χ1v) is 3.12. The normalized spacial score (nSPS) is 28.1. The molecule has 1 N–H and O–H groups in total. The van der Waals surface area contributed by atoms with E-state index in [1.54, 1.807) is 0 Å². The Kier molecular flexibility index (Phi) is 1.51. The van der Waals surface area contributed by atoms with Crippen molar-refractivity contribution in [2.75, 3.05) is 0 Å². The lowest BCUT2D eigenvalue weighted by Gasteiger charge is -2.02. The lowest BCUT2D eigenvalue weighted by molar-refractivity contribution is -0.119. The van der Waals surface area contributed by atoms with E-state index in [2.05, 4.69) is 12.2 Å². The first-order chi connectivity index (χ1) is 3.83. The number of hydrogen-bond acceptors (Lipinski definition) is 1. The van der Waals surface area contributed by atoms with Crippen molar-refractivity contribution in [3.8, 4) is 0 Å². The fraction of sp³-hybridized carbons (Fsp3) is 0.833. The minimum atomic E-state index is 0. The van der Waals surface area contributed by atoms with E-state index < -0.39 is 0 Å². The molecule has 0 unspecified atom stereocenters. The first kappa shape index (κ1) is 5.60. The Morgan fingerprint density at radius 2 is 2.75 bits per heavy atom. The molecule has 0 aromatic rings. The van der Waals surface area contributed by atoms with Crippen molar-refractivity contribution >= 4 is 5.91 Å². The summed E-state index contributed by atoms with van der Waals surface area (Å²) in [5.74, 6) is 0.219. The minimum Gasteiger partial charge on any atom is -0.353 e. The van der Waals surface area contributed by atoms with Gasteiger partial charge in [0.25, 0.3) is 0 Å². The van der Waals surface area contributed by atoms with Crippen LogP contribution in [0.1, 0.15) is 27.6 Å². The Balaban J connectivity index is 0.000000640. The van der Waals surface area contributed by atoms with Crippen LogP contribution in [0.25, 0.3) is 0 Å². The molecule has 0 aliphatic carbocycles. The smallest absolute Gasteiger partial charge is 0.220 e. The lowest BCUT2D eigenvalue weighted by Crippen LogP contribution is -2.23. The van der Waals surface area contributed by atoms with Gasteiger partial charge in [-0.3, -0.25) is 4.79 Å². The summed E-state index contributed by atoms with van der Waals surface area (Å²) in [5.41, 5.74) is 0. The summed E-state index contributed by atoms with van der Waals surface area (Å²) in [4.78, 5) is 10.5. The first-order valence-electron chi connectivity index (χ1n) is 3.12. The molecular weight excluding hydrogens is 102 g/mol. The van der Waals surface area contributed by atoms with Gasteiger partial charge in [-0.25, -0.2) is 0 Å². The Morgan fingerprint density at radius 1 is 2.00 bits per heavy atom. The van der Waals surface area contributed by atoms with E-state index in [4.69, 9.17) is 0 Å². The summed E-state index contributed by atoms with van der Waals surface area (Å²) in [5, 5.41) is 2.86. The van der Waals surface area contributed by atoms with E-state index in [1.165, 1.54) is 0 Å². The van der Waals surface area contributed by atoms with Crippen molar-refractivity contribution < 1.29 is 6.22 Å². The van der Waals surface area contributed by atoms with E-state index in [9.17, 15) is 4.79 Å². The monoisotopic (exact) mass is 115 g/mol. The Hall–Kier alpha value is -0.530. The molecule has 1 amide bonds. The molecule has 0 spiro atoms. The maximum Gasteiger partial charge on any atom is 0.220 e. The van der Waals surface area contributed by atoms with Crippen molar-refractivity contribution in [1.82, 2.24) is 5.32 Å². The van der Waals surface area contributed by atoms with Gasteiger partial charge in [-0.15, -0.1) is 0 Å². The van der Waals surface area contributed by atoms with Gasteiger partial charge in [0.1, 0.15) is 0 Å². The quantitative estimate of drug-likeness (QED) is 0.541. The topological polar surface area (TPSA) is 29.1 Å². The van der Waals surface area contributed by atoms with E-state index >= 15 is 0 Å². The summed E-state index contributed by atoms with van der Waals surface area (Å²) in [7, 11) is 0. The number of hydrogen-bond donors (Lipinski definition) is 1. The molecule has 1 heterocycles. The third-order valence-electron chi connectivity index (χ3n) is 1.58. The molecule has 2 nitrogen and oxygen atoms in total. The van der Waals surface area contributed by atoms with Crippen LogP contribution in [-0.2, 0) is 4.79 Å². The van der Waals surface area contributed by atoms with Gasteiger partial charge < -0.3 is 5.32 Å². The zero-order valence-corrected chi connectivity index (χ0v) is 5.11. The highest BCUT2D eigenvalue weighted by Gasteiger charge is 2.17. The molecule has 1 aliphatic rings. The van der Waals surface area contributed by atoms with Gasteiger partial charge in [0.05, 0.1) is 0 Å². The zero-order chi connectivity index (χ0) is 5.98. The highest BCUT2D eigenvalue weighted by molar-refractivity contribution is 5.78. The molecule has 2 heteroatoms. The van der Waals surface area contributed by atoms with Crippen LogP contribution in [0.2, 0.25) is 0 Å². The molecule has 0 radical (unpaired) electrons. The molecule has 0 bridgehead atoms. The second-order valence-electron chi connectivity index (χ2n) is 2.21. The van der Waals surface area contributed by atoms with E-state index in [-0.39, 0.29) is 7.33 Å². The minimum absolute atomic E-state index is 0. The molecule has 8 heavy (non-hydrogen) atoms. The molecule has 48 valence electrons. The predicted octanol–water partition coefficient (Wildman–Crippen LogP) is 0.921. The number of rotatable bonds is 1. The van der Waals surface area contributed by atoms with Gasteiger partial charge >= 0.3 is 0 Å². The van der Waals surface area contributed by atoms with Crippen molar-refractivity contribution in [2.45, 2.75) is 32.2 Å². The van der Waals surface area contributed by atoms with E-state index in [1.807, 2.05) is 0 Å². The predicted molar refractivity (Wildman–Crippen MR) is 33.6 cm³/mol. The van der Waals surface area contributed by atoms with Gasteiger partial charge in [0, 0.05) is 13.9 Å². The molecule has 0 aromatic heterocycles. The fourth-order valence-corrected chi connectivity index (χ4v) is 0.984. The van der Waals surface area contributed by atoms with Gasteiger partial charge in [-0.1, -0.05) is 6.92 Å². The van der Waals surface area contributed by atoms with Crippen molar-refractivity contribution in [3.05, 3.63) is 0 Å². The highest BCUT2D eigenvalue weighted by Crippen LogP contribution is 2.08. The standard InChI is InChI=1S/C6H11NO.H2/c1-2-5-3-4-6(8)7-5;/h5H,2-4H2,1H3,(H,7,8);1H/t5-;/m0./s1. The number of nitrogens with one attached hydrogen (secondary N) is 1. The lowest BCUT2D eigenvalue weighted by atomic mass is 10.2. The summed E-state index contributed by atoms with van der Waals surface area (Å²) in [6, 6.07) is 0.475. The Labute approximate surface area is 50.8 Å². The average Bonchev–Trinajstić information content (AvgIpc) is 2.14.